The molecule has 3 heterocycles. The van der Waals surface area contributed by atoms with Gasteiger partial charge in [0.05, 0.1) is 11.0 Å². The van der Waals surface area contributed by atoms with Gasteiger partial charge in [0, 0.05) is 43.9 Å². The molecule has 0 aliphatic carbocycles. The minimum Gasteiger partial charge on any atom is -0.454 e. The first kappa shape index (κ1) is 35.5. The van der Waals surface area contributed by atoms with Gasteiger partial charge in [-0.3, -0.25) is 0 Å². The Morgan fingerprint density at radius 2 is 0.790 bits per heavy atom. The molecule has 5 nitrogen and oxygen atoms in total. The molecule has 0 bridgehead atoms. The van der Waals surface area contributed by atoms with Crippen LogP contribution in [0.1, 0.15) is 0 Å². The minimum absolute atomic E-state index is 0.589. The van der Waals surface area contributed by atoms with Crippen molar-refractivity contribution in [1.82, 2.24) is 19.5 Å². The van der Waals surface area contributed by atoms with E-state index in [1.54, 1.807) is 0 Å². The van der Waals surface area contributed by atoms with E-state index in [9.17, 15) is 0 Å². The zero-order valence-corrected chi connectivity index (χ0v) is 33.5. The van der Waals surface area contributed by atoms with Gasteiger partial charge >= 0.3 is 0 Å². The second kappa shape index (κ2) is 14.7. The van der Waals surface area contributed by atoms with E-state index in [0.29, 0.717) is 17.5 Å². The number of fused-ring (bicyclic) bond motifs is 7. The van der Waals surface area contributed by atoms with Gasteiger partial charge in [0.1, 0.15) is 5.58 Å². The van der Waals surface area contributed by atoms with Crippen LogP contribution in [0, 0.1) is 0 Å². The predicted octanol–water partition coefficient (Wildman–Crippen LogP) is 14.9. The summed E-state index contributed by atoms with van der Waals surface area (Å²) < 4.78 is 9.23. The Balaban J connectivity index is 1.03. The van der Waals surface area contributed by atoms with Gasteiger partial charge in [0.25, 0.3) is 0 Å². The van der Waals surface area contributed by atoms with Crippen molar-refractivity contribution in [2.75, 3.05) is 0 Å². The second-order valence-electron chi connectivity index (χ2n) is 15.6. The molecule has 0 N–H and O–H groups in total. The van der Waals surface area contributed by atoms with Gasteiger partial charge < -0.3 is 8.98 Å². The fourth-order valence-electron chi connectivity index (χ4n) is 8.82. The quantitative estimate of drug-likeness (QED) is 0.161. The van der Waals surface area contributed by atoms with Gasteiger partial charge in [-0.2, -0.15) is 0 Å². The van der Waals surface area contributed by atoms with Crippen molar-refractivity contribution in [2.45, 2.75) is 0 Å². The fourth-order valence-corrected chi connectivity index (χ4v) is 8.82. The highest BCUT2D eigenvalue weighted by Gasteiger charge is 2.21. The third-order valence-electron chi connectivity index (χ3n) is 11.9. The minimum atomic E-state index is 0.589. The summed E-state index contributed by atoms with van der Waals surface area (Å²) in [7, 11) is 0. The predicted molar refractivity (Wildman–Crippen MR) is 254 cm³/mol. The Kier molecular flexibility index (Phi) is 8.42. The van der Waals surface area contributed by atoms with Crippen LogP contribution in [-0.4, -0.2) is 19.5 Å². The lowest BCUT2D eigenvalue weighted by molar-refractivity contribution is 0.671. The first-order valence-electron chi connectivity index (χ1n) is 20.8. The van der Waals surface area contributed by atoms with E-state index in [-0.39, 0.29) is 0 Å². The molecule has 0 aliphatic rings. The maximum atomic E-state index is 6.88. The van der Waals surface area contributed by atoms with Crippen LogP contribution in [0.25, 0.3) is 117 Å². The number of benzene rings is 9. The summed E-state index contributed by atoms with van der Waals surface area (Å²) in [5.74, 6) is 1.80. The Morgan fingerprint density at radius 3 is 1.48 bits per heavy atom. The number of aromatic nitrogens is 4. The fraction of sp³-hybridized carbons (Fsp3) is 0. The third-order valence-corrected chi connectivity index (χ3v) is 11.9. The van der Waals surface area contributed by atoms with E-state index in [1.807, 2.05) is 18.2 Å². The average Bonchev–Trinajstić information content (AvgIpc) is 3.90. The van der Waals surface area contributed by atoms with E-state index in [1.165, 1.54) is 10.9 Å². The van der Waals surface area contributed by atoms with E-state index >= 15 is 0 Å². The van der Waals surface area contributed by atoms with Crippen molar-refractivity contribution in [3.05, 3.63) is 218 Å². The topological polar surface area (TPSA) is 56.7 Å². The summed E-state index contributed by atoms with van der Waals surface area (Å²) in [6, 6.07) is 76.2. The molecule has 5 heteroatoms. The highest BCUT2D eigenvalue weighted by molar-refractivity contribution is 6.21. The molecule has 0 unspecified atom stereocenters. The summed E-state index contributed by atoms with van der Waals surface area (Å²) in [5, 5.41) is 4.34. The van der Waals surface area contributed by atoms with Crippen LogP contribution in [0.5, 0.6) is 0 Å². The Bertz CT molecular complexity index is 3610. The van der Waals surface area contributed by atoms with Crippen molar-refractivity contribution in [2.24, 2.45) is 0 Å². The first-order valence-corrected chi connectivity index (χ1v) is 20.8. The number of para-hydroxylation sites is 1. The van der Waals surface area contributed by atoms with Crippen LogP contribution < -0.4 is 0 Å². The highest BCUT2D eigenvalue weighted by atomic mass is 16.3. The second-order valence-corrected chi connectivity index (χ2v) is 15.6. The zero-order valence-electron chi connectivity index (χ0n) is 33.5. The summed E-state index contributed by atoms with van der Waals surface area (Å²) in [4.78, 5) is 15.5. The van der Waals surface area contributed by atoms with Crippen LogP contribution in [-0.2, 0) is 0 Å². The largest absolute Gasteiger partial charge is 0.454 e. The molecule has 0 radical (unpaired) electrons. The van der Waals surface area contributed by atoms with Gasteiger partial charge in [-0.1, -0.05) is 170 Å². The average molecular weight is 793 g/mol. The van der Waals surface area contributed by atoms with Gasteiger partial charge in [0.2, 0.25) is 0 Å². The molecule has 12 aromatic rings. The highest BCUT2D eigenvalue weighted by Crippen LogP contribution is 2.42. The maximum Gasteiger partial charge on any atom is 0.164 e. The summed E-state index contributed by atoms with van der Waals surface area (Å²) in [6.45, 7) is 0. The van der Waals surface area contributed by atoms with Crippen molar-refractivity contribution in [3.63, 3.8) is 0 Å². The van der Waals surface area contributed by atoms with Crippen LogP contribution in [0.2, 0.25) is 0 Å². The molecule has 62 heavy (non-hydrogen) atoms. The van der Waals surface area contributed by atoms with Crippen LogP contribution in [0.3, 0.4) is 0 Å². The number of hydrogen-bond acceptors (Lipinski definition) is 4. The molecule has 0 atom stereocenters. The van der Waals surface area contributed by atoms with Gasteiger partial charge in [-0.05, 0) is 81.9 Å². The van der Waals surface area contributed by atoms with E-state index < -0.39 is 0 Å². The Labute approximate surface area is 357 Å². The van der Waals surface area contributed by atoms with Crippen LogP contribution >= 0.6 is 0 Å². The monoisotopic (exact) mass is 792 g/mol. The number of rotatable bonds is 7. The lowest BCUT2D eigenvalue weighted by Gasteiger charge is -2.10. The van der Waals surface area contributed by atoms with E-state index in [0.717, 1.165) is 88.6 Å². The molecule has 0 fully saturated rings. The zero-order chi connectivity index (χ0) is 41.0. The standard InChI is InChI=1S/C57H36N4O/c1-4-14-37(15-5-1)40-26-28-41(29-27-40)55-58-56(44-22-12-20-42(34-44)38-16-6-2-7-17-38)60-57(59-55)45-30-33-52-50(36-45)49-32-31-48-47-24-10-11-25-51(47)61(53(48)54(49)62-52)46-23-13-21-43(35-46)39-18-8-3-9-19-39/h1-36H. The van der Waals surface area contributed by atoms with Gasteiger partial charge in [-0.25, -0.2) is 15.0 Å². The first-order chi connectivity index (χ1) is 30.7. The maximum absolute atomic E-state index is 6.88. The molecule has 0 saturated carbocycles. The molecule has 3 aromatic heterocycles. The van der Waals surface area contributed by atoms with Crippen LogP contribution in [0.15, 0.2) is 223 Å². The molecule has 0 amide bonds. The number of hydrogen-bond donors (Lipinski definition) is 0. The molecular formula is C57H36N4O. The molecular weight excluding hydrogens is 757 g/mol. The Morgan fingerprint density at radius 1 is 0.306 bits per heavy atom. The smallest absolute Gasteiger partial charge is 0.164 e. The summed E-state index contributed by atoms with van der Waals surface area (Å²) in [5.41, 5.74) is 14.4. The lowest BCUT2D eigenvalue weighted by atomic mass is 10.0. The normalized spacial score (nSPS) is 11.5. The van der Waals surface area contributed by atoms with Crippen molar-refractivity contribution in [1.29, 1.82) is 0 Å². The molecule has 9 aromatic carbocycles. The number of nitrogens with zero attached hydrogens (tertiary/aromatic N) is 4. The van der Waals surface area contributed by atoms with Crippen molar-refractivity contribution < 1.29 is 4.42 Å². The lowest BCUT2D eigenvalue weighted by Crippen LogP contribution is -2.00. The molecule has 0 spiro atoms. The van der Waals surface area contributed by atoms with Crippen molar-refractivity contribution >= 4 is 43.7 Å². The van der Waals surface area contributed by atoms with E-state index in [4.69, 9.17) is 19.4 Å². The molecule has 0 saturated heterocycles. The summed E-state index contributed by atoms with van der Waals surface area (Å²) in [6.07, 6.45) is 0. The third kappa shape index (κ3) is 6.14. The molecule has 0 aliphatic heterocycles. The molecule has 12 rings (SSSR count). The SMILES string of the molecule is c1ccc(-c2ccc(-c3nc(-c4cccc(-c5ccccc5)c4)nc(-c4ccc5oc6c(ccc7c8ccccc8n(-c8cccc(-c9ccccc9)c8)c76)c5c4)n3)cc2)cc1. The molecule has 290 valence electrons. The van der Waals surface area contributed by atoms with Gasteiger partial charge in [0.15, 0.2) is 23.1 Å². The van der Waals surface area contributed by atoms with E-state index in [2.05, 4.69) is 205 Å². The summed E-state index contributed by atoms with van der Waals surface area (Å²) >= 11 is 0. The number of furan rings is 1. The van der Waals surface area contributed by atoms with Gasteiger partial charge in [-0.15, -0.1) is 0 Å². The van der Waals surface area contributed by atoms with Crippen LogP contribution in [0.4, 0.5) is 0 Å². The van der Waals surface area contributed by atoms with Crippen molar-refractivity contribution in [3.8, 4) is 73.2 Å². The Hall–Kier alpha value is -8.41.